The highest BCUT2D eigenvalue weighted by Gasteiger charge is 2.28. The molecule has 1 aromatic heterocycles. The van der Waals surface area contributed by atoms with Crippen LogP contribution in [0.1, 0.15) is 22.6 Å². The molecule has 128 valence electrons. The number of halogens is 1. The summed E-state index contributed by atoms with van der Waals surface area (Å²) in [5.41, 5.74) is 5.77. The number of hydrogen-bond acceptors (Lipinski definition) is 3. The van der Waals surface area contributed by atoms with Gasteiger partial charge in [0.15, 0.2) is 0 Å². The largest absolute Gasteiger partial charge is 0.449 e. The molecule has 1 aliphatic rings. The molecule has 25 heavy (non-hydrogen) atoms. The van der Waals surface area contributed by atoms with Crippen LogP contribution in [0, 0.1) is 0 Å². The summed E-state index contributed by atoms with van der Waals surface area (Å²) in [5.74, 6) is 0.0806. The summed E-state index contributed by atoms with van der Waals surface area (Å²) < 4.78 is 5.46. The Morgan fingerprint density at radius 3 is 2.32 bits per heavy atom. The highest BCUT2D eigenvalue weighted by molar-refractivity contribution is 5.85. The normalized spacial score (nSPS) is 12.0. The van der Waals surface area contributed by atoms with Crippen LogP contribution < -0.4 is 5.32 Å². The van der Waals surface area contributed by atoms with E-state index in [1.807, 2.05) is 24.3 Å². The monoisotopic (exact) mass is 355 g/mol. The number of ether oxygens (including phenoxy) is 1. The van der Waals surface area contributed by atoms with Gasteiger partial charge in [-0.2, -0.15) is 5.10 Å². The van der Waals surface area contributed by atoms with Crippen molar-refractivity contribution in [3.8, 4) is 11.1 Å². The zero-order valence-corrected chi connectivity index (χ0v) is 14.3. The van der Waals surface area contributed by atoms with Gasteiger partial charge in [-0.1, -0.05) is 48.5 Å². The number of benzene rings is 2. The molecule has 0 spiro atoms. The number of amides is 1. The van der Waals surface area contributed by atoms with Crippen molar-refractivity contribution in [2.75, 3.05) is 6.61 Å². The van der Waals surface area contributed by atoms with Crippen molar-refractivity contribution >= 4 is 18.5 Å². The second kappa shape index (κ2) is 7.40. The minimum Gasteiger partial charge on any atom is -0.449 e. The third-order valence-electron chi connectivity index (χ3n) is 4.34. The Balaban J connectivity index is 0.00000182. The molecule has 2 N–H and O–H groups in total. The standard InChI is InChI=1S/C19H17N3O2.ClH/c23-19(20-9-13-10-21-22-11-13)24-12-18-16-7-3-1-5-14(16)15-6-2-4-8-17(15)18;/h1-8,10-11,18H,9,12H2,(H,20,23)(H,21,22);1H. The molecule has 5 nitrogen and oxygen atoms in total. The van der Waals surface area contributed by atoms with Crippen molar-refractivity contribution in [1.29, 1.82) is 0 Å². The van der Waals surface area contributed by atoms with Crippen LogP contribution in [0.15, 0.2) is 60.9 Å². The maximum atomic E-state index is 12.0. The van der Waals surface area contributed by atoms with Crippen molar-refractivity contribution in [3.63, 3.8) is 0 Å². The van der Waals surface area contributed by atoms with E-state index in [-0.39, 0.29) is 18.3 Å². The lowest BCUT2D eigenvalue weighted by atomic mass is 9.98. The Hall–Kier alpha value is -2.79. The number of alkyl carbamates (subject to hydrolysis) is 1. The Morgan fingerprint density at radius 2 is 1.72 bits per heavy atom. The van der Waals surface area contributed by atoms with E-state index in [0.29, 0.717) is 13.2 Å². The predicted octanol–water partition coefficient (Wildman–Crippen LogP) is 3.87. The third-order valence-corrected chi connectivity index (χ3v) is 4.34. The molecule has 1 amide bonds. The van der Waals surface area contributed by atoms with Gasteiger partial charge in [0, 0.05) is 24.2 Å². The van der Waals surface area contributed by atoms with Crippen LogP contribution in [-0.2, 0) is 11.3 Å². The minimum absolute atomic E-state index is 0. The summed E-state index contributed by atoms with van der Waals surface area (Å²) in [6.07, 6.45) is 2.99. The van der Waals surface area contributed by atoms with Crippen LogP contribution in [0.4, 0.5) is 4.79 Å². The van der Waals surface area contributed by atoms with Gasteiger partial charge >= 0.3 is 6.09 Å². The molecule has 0 fully saturated rings. The second-order valence-corrected chi connectivity index (χ2v) is 5.79. The van der Waals surface area contributed by atoms with Crippen LogP contribution in [0.2, 0.25) is 0 Å². The summed E-state index contributed by atoms with van der Waals surface area (Å²) in [6, 6.07) is 16.6. The van der Waals surface area contributed by atoms with Crippen LogP contribution >= 0.6 is 12.4 Å². The molecule has 2 aromatic carbocycles. The van der Waals surface area contributed by atoms with Gasteiger partial charge < -0.3 is 10.1 Å². The number of fused-ring (bicyclic) bond motifs is 3. The topological polar surface area (TPSA) is 67.0 Å². The van der Waals surface area contributed by atoms with Gasteiger partial charge in [-0.25, -0.2) is 4.79 Å². The molecule has 1 heterocycles. The molecule has 6 heteroatoms. The minimum atomic E-state index is -0.418. The quantitative estimate of drug-likeness (QED) is 0.746. The van der Waals surface area contributed by atoms with E-state index in [2.05, 4.69) is 39.8 Å². The molecule has 0 saturated heterocycles. The predicted molar refractivity (Wildman–Crippen MR) is 97.7 cm³/mol. The number of carbonyl (C=O) groups excluding carboxylic acids is 1. The van der Waals surface area contributed by atoms with Crippen molar-refractivity contribution in [2.24, 2.45) is 0 Å². The zero-order chi connectivity index (χ0) is 16.4. The van der Waals surface area contributed by atoms with Gasteiger partial charge in [0.1, 0.15) is 6.61 Å². The average molecular weight is 356 g/mol. The SMILES string of the molecule is Cl.O=C(NCc1cn[nH]c1)OCC1c2ccccc2-c2ccccc21. The van der Waals surface area contributed by atoms with Crippen molar-refractivity contribution < 1.29 is 9.53 Å². The molecule has 0 aliphatic heterocycles. The lowest BCUT2D eigenvalue weighted by Gasteiger charge is -2.14. The summed E-state index contributed by atoms with van der Waals surface area (Å²) >= 11 is 0. The average Bonchev–Trinajstić information content (AvgIpc) is 3.25. The van der Waals surface area contributed by atoms with Crippen LogP contribution in [0.25, 0.3) is 11.1 Å². The fourth-order valence-electron chi connectivity index (χ4n) is 3.20. The van der Waals surface area contributed by atoms with Gasteiger partial charge in [0.05, 0.1) is 6.20 Å². The summed E-state index contributed by atoms with van der Waals surface area (Å²) in [6.45, 7) is 0.721. The number of nitrogens with one attached hydrogen (secondary N) is 2. The van der Waals surface area contributed by atoms with Gasteiger partial charge in [-0.15, -0.1) is 12.4 Å². The van der Waals surface area contributed by atoms with E-state index in [4.69, 9.17) is 4.74 Å². The van der Waals surface area contributed by atoms with E-state index in [1.54, 1.807) is 12.4 Å². The van der Waals surface area contributed by atoms with Gasteiger partial charge in [0.2, 0.25) is 0 Å². The highest BCUT2D eigenvalue weighted by atomic mass is 35.5. The van der Waals surface area contributed by atoms with Gasteiger partial charge in [0.25, 0.3) is 0 Å². The summed E-state index contributed by atoms with van der Waals surface area (Å²) in [4.78, 5) is 12.0. The van der Waals surface area contributed by atoms with E-state index in [1.165, 1.54) is 22.3 Å². The van der Waals surface area contributed by atoms with Crippen molar-refractivity contribution in [2.45, 2.75) is 12.5 Å². The molecule has 3 aromatic rings. The molecule has 0 saturated carbocycles. The zero-order valence-electron chi connectivity index (χ0n) is 13.4. The van der Waals surface area contributed by atoms with Gasteiger partial charge in [-0.3, -0.25) is 5.10 Å². The first-order valence-corrected chi connectivity index (χ1v) is 7.89. The fourth-order valence-corrected chi connectivity index (χ4v) is 3.20. The summed E-state index contributed by atoms with van der Waals surface area (Å²) in [5, 5.41) is 9.29. The van der Waals surface area contributed by atoms with E-state index in [9.17, 15) is 4.79 Å². The first kappa shape index (κ1) is 17.0. The third kappa shape index (κ3) is 3.37. The highest BCUT2D eigenvalue weighted by Crippen LogP contribution is 2.44. The number of hydrogen-bond donors (Lipinski definition) is 2. The number of aromatic nitrogens is 2. The summed E-state index contributed by atoms with van der Waals surface area (Å²) in [7, 11) is 0. The maximum absolute atomic E-state index is 12.0. The van der Waals surface area contributed by atoms with E-state index < -0.39 is 6.09 Å². The molecule has 4 rings (SSSR count). The Kier molecular flexibility index (Phi) is 5.05. The molecule has 0 unspecified atom stereocenters. The molecule has 0 radical (unpaired) electrons. The Bertz CT molecular complexity index is 819. The lowest BCUT2D eigenvalue weighted by Crippen LogP contribution is -2.25. The number of carbonyl (C=O) groups is 1. The number of nitrogens with zero attached hydrogens (tertiary/aromatic N) is 1. The lowest BCUT2D eigenvalue weighted by molar-refractivity contribution is 0.142. The first-order chi connectivity index (χ1) is 11.8. The Morgan fingerprint density at radius 1 is 1.08 bits per heavy atom. The van der Waals surface area contributed by atoms with Crippen molar-refractivity contribution in [3.05, 3.63) is 77.6 Å². The molecule has 0 bridgehead atoms. The molecule has 0 atom stereocenters. The number of aromatic amines is 1. The van der Waals surface area contributed by atoms with Crippen LogP contribution in [0.3, 0.4) is 0 Å². The molecular formula is C19H18ClN3O2. The first-order valence-electron chi connectivity index (χ1n) is 7.89. The van der Waals surface area contributed by atoms with Gasteiger partial charge in [-0.05, 0) is 22.3 Å². The van der Waals surface area contributed by atoms with Crippen molar-refractivity contribution in [1.82, 2.24) is 15.5 Å². The van der Waals surface area contributed by atoms with E-state index >= 15 is 0 Å². The molecular weight excluding hydrogens is 338 g/mol. The maximum Gasteiger partial charge on any atom is 0.407 e. The van der Waals surface area contributed by atoms with Crippen LogP contribution in [-0.4, -0.2) is 22.9 Å². The fraction of sp³-hybridized carbons (Fsp3) is 0.158. The second-order valence-electron chi connectivity index (χ2n) is 5.79. The number of H-pyrrole nitrogens is 1. The smallest absolute Gasteiger partial charge is 0.407 e. The van der Waals surface area contributed by atoms with Crippen LogP contribution in [0.5, 0.6) is 0 Å². The van der Waals surface area contributed by atoms with E-state index in [0.717, 1.165) is 5.56 Å². The Labute approximate surface area is 151 Å². The molecule has 1 aliphatic carbocycles. The number of rotatable bonds is 4.